The van der Waals surface area contributed by atoms with Crippen molar-refractivity contribution in [2.45, 2.75) is 39.3 Å². The Morgan fingerprint density at radius 3 is 2.54 bits per heavy atom. The van der Waals surface area contributed by atoms with E-state index in [0.717, 1.165) is 12.1 Å². The Bertz CT molecular complexity index is 980. The first kappa shape index (κ1) is 17.6. The molecule has 0 saturated carbocycles. The lowest BCUT2D eigenvalue weighted by Gasteiger charge is -2.34. The number of imidazole rings is 1. The fourth-order valence-electron chi connectivity index (χ4n) is 3.69. The predicted molar refractivity (Wildman–Crippen MR) is 97.4 cm³/mol. The van der Waals surface area contributed by atoms with Gasteiger partial charge in [0.2, 0.25) is 15.9 Å². The van der Waals surface area contributed by atoms with E-state index in [0.29, 0.717) is 48.5 Å². The van der Waals surface area contributed by atoms with Crippen molar-refractivity contribution in [3.63, 3.8) is 0 Å². The summed E-state index contributed by atoms with van der Waals surface area (Å²) in [6, 6.07) is -0.405. The third-order valence-corrected chi connectivity index (χ3v) is 6.99. The van der Waals surface area contributed by atoms with Crippen LogP contribution in [0.4, 0.5) is 5.82 Å². The van der Waals surface area contributed by atoms with Crippen molar-refractivity contribution in [1.29, 1.82) is 0 Å². The normalized spacial score (nSPS) is 21.4. The quantitative estimate of drug-likeness (QED) is 0.772. The van der Waals surface area contributed by atoms with Gasteiger partial charge in [-0.15, -0.1) is 0 Å². The number of aryl methyl sites for hydroxylation is 1. The summed E-state index contributed by atoms with van der Waals surface area (Å²) in [5.41, 5.74) is 0.750. The summed E-state index contributed by atoms with van der Waals surface area (Å²) in [6.07, 6.45) is 2.48. The van der Waals surface area contributed by atoms with Gasteiger partial charge in [-0.25, -0.2) is 18.4 Å². The number of carbonyl (C=O) groups excluding carboxylic acids is 1. The lowest BCUT2D eigenvalue weighted by atomic mass is 10.2. The third-order valence-electron chi connectivity index (χ3n) is 4.83. The van der Waals surface area contributed by atoms with Crippen LogP contribution in [0.2, 0.25) is 0 Å². The van der Waals surface area contributed by atoms with Gasteiger partial charge in [0.15, 0.2) is 16.6 Å². The number of amides is 1. The van der Waals surface area contributed by atoms with E-state index >= 15 is 0 Å². The second-order valence-corrected chi connectivity index (χ2v) is 9.33. The highest BCUT2D eigenvalue weighted by Crippen LogP contribution is 2.39. The molecule has 26 heavy (non-hydrogen) atoms. The van der Waals surface area contributed by atoms with Crippen molar-refractivity contribution >= 4 is 33.3 Å². The number of rotatable bonds is 3. The van der Waals surface area contributed by atoms with Gasteiger partial charge in [0.05, 0.1) is 18.0 Å². The Labute approximate surface area is 155 Å². The van der Waals surface area contributed by atoms with Gasteiger partial charge in [0.1, 0.15) is 5.82 Å². The molecule has 4 heterocycles. The molecule has 4 rings (SSSR count). The summed E-state index contributed by atoms with van der Waals surface area (Å²) < 4.78 is 32.0. The molecule has 0 N–H and O–H groups in total. The molecule has 1 saturated heterocycles. The molecule has 1 unspecified atom stereocenters. The van der Waals surface area contributed by atoms with Crippen LogP contribution < -0.4 is 4.90 Å². The van der Waals surface area contributed by atoms with Crippen LogP contribution in [0, 0.1) is 6.92 Å². The number of aromatic nitrogens is 4. The number of nitrogens with zero attached hydrogens (tertiary/aromatic N) is 6. The summed E-state index contributed by atoms with van der Waals surface area (Å²) in [6.45, 7) is 5.09. The van der Waals surface area contributed by atoms with E-state index in [-0.39, 0.29) is 5.91 Å². The standard InChI is InChI=1S/C15H20N6O3S2/c1-9-12-13(19-6-4-5-11(19)22)17-14(15-16-10(2)18-25-15)20(12)7-8-21(9)26(3,23)24/h9H,4-8H2,1-3H3. The van der Waals surface area contributed by atoms with Crippen molar-refractivity contribution in [2.24, 2.45) is 0 Å². The predicted octanol–water partition coefficient (Wildman–Crippen LogP) is 1.17. The van der Waals surface area contributed by atoms with Crippen molar-refractivity contribution < 1.29 is 13.2 Å². The first-order valence-corrected chi connectivity index (χ1v) is 11.1. The molecule has 2 aliphatic heterocycles. The minimum Gasteiger partial charge on any atom is -0.321 e. The first-order valence-electron chi connectivity index (χ1n) is 8.45. The number of hydrogen-bond donors (Lipinski definition) is 0. The highest BCUT2D eigenvalue weighted by atomic mass is 32.2. The third kappa shape index (κ3) is 2.74. The molecular weight excluding hydrogens is 376 g/mol. The average molecular weight is 396 g/mol. The topological polar surface area (TPSA) is 101 Å². The first-order chi connectivity index (χ1) is 12.3. The fraction of sp³-hybridized carbons (Fsp3) is 0.600. The van der Waals surface area contributed by atoms with Gasteiger partial charge in [-0.1, -0.05) is 0 Å². The molecule has 2 aromatic heterocycles. The largest absolute Gasteiger partial charge is 0.321 e. The Morgan fingerprint density at radius 2 is 1.96 bits per heavy atom. The molecule has 2 aliphatic rings. The molecule has 9 nitrogen and oxygen atoms in total. The molecule has 0 spiro atoms. The maximum atomic E-state index is 12.3. The smallest absolute Gasteiger partial charge is 0.228 e. The zero-order chi connectivity index (χ0) is 18.6. The van der Waals surface area contributed by atoms with Gasteiger partial charge in [-0.3, -0.25) is 9.69 Å². The van der Waals surface area contributed by atoms with Crippen LogP contribution in [0.15, 0.2) is 0 Å². The van der Waals surface area contributed by atoms with Crippen molar-refractivity contribution in [1.82, 2.24) is 23.2 Å². The van der Waals surface area contributed by atoms with Crippen LogP contribution in [0.3, 0.4) is 0 Å². The number of sulfonamides is 1. The molecule has 0 aliphatic carbocycles. The second kappa shape index (κ2) is 6.10. The van der Waals surface area contributed by atoms with Crippen LogP contribution in [0.1, 0.15) is 37.3 Å². The SMILES string of the molecule is Cc1nsc(-c2nc(N3CCCC3=O)c3n2CCN(S(C)(=O)=O)C3C)n1. The Morgan fingerprint density at radius 1 is 1.19 bits per heavy atom. The van der Waals surface area contributed by atoms with Gasteiger partial charge in [-0.05, 0) is 31.8 Å². The summed E-state index contributed by atoms with van der Waals surface area (Å²) >= 11 is 1.26. The van der Waals surface area contributed by atoms with E-state index in [2.05, 4.69) is 9.36 Å². The van der Waals surface area contributed by atoms with Gasteiger partial charge in [0, 0.05) is 26.1 Å². The van der Waals surface area contributed by atoms with Crippen molar-refractivity contribution in [3.05, 3.63) is 11.5 Å². The van der Waals surface area contributed by atoms with Gasteiger partial charge in [0.25, 0.3) is 0 Å². The Kier molecular flexibility index (Phi) is 4.12. The molecule has 0 aromatic carbocycles. The zero-order valence-corrected chi connectivity index (χ0v) is 16.5. The molecule has 1 amide bonds. The summed E-state index contributed by atoms with van der Waals surface area (Å²) in [7, 11) is -3.36. The van der Waals surface area contributed by atoms with E-state index in [1.165, 1.54) is 22.1 Å². The molecule has 2 aromatic rings. The lowest BCUT2D eigenvalue weighted by molar-refractivity contribution is -0.117. The molecule has 140 valence electrons. The van der Waals surface area contributed by atoms with E-state index < -0.39 is 16.1 Å². The Balaban J connectivity index is 1.89. The maximum absolute atomic E-state index is 12.3. The zero-order valence-electron chi connectivity index (χ0n) is 14.8. The maximum Gasteiger partial charge on any atom is 0.228 e. The minimum absolute atomic E-state index is 0.0228. The minimum atomic E-state index is -3.36. The van der Waals surface area contributed by atoms with E-state index in [4.69, 9.17) is 4.98 Å². The van der Waals surface area contributed by atoms with E-state index in [1.807, 2.05) is 18.4 Å². The van der Waals surface area contributed by atoms with Crippen LogP contribution in [0.5, 0.6) is 0 Å². The molecule has 0 bridgehead atoms. The summed E-state index contributed by atoms with van der Waals surface area (Å²) in [4.78, 5) is 23.1. The van der Waals surface area contributed by atoms with Crippen LogP contribution in [0.25, 0.3) is 10.8 Å². The Hall–Kier alpha value is -1.85. The number of hydrogen-bond acceptors (Lipinski definition) is 7. The van der Waals surface area contributed by atoms with Gasteiger partial charge < -0.3 is 4.57 Å². The van der Waals surface area contributed by atoms with Crippen molar-refractivity contribution in [3.8, 4) is 10.8 Å². The highest BCUT2D eigenvalue weighted by Gasteiger charge is 2.38. The van der Waals surface area contributed by atoms with Crippen LogP contribution in [-0.4, -0.2) is 56.9 Å². The van der Waals surface area contributed by atoms with Crippen molar-refractivity contribution in [2.75, 3.05) is 24.2 Å². The molecule has 0 radical (unpaired) electrons. The second-order valence-electron chi connectivity index (χ2n) is 6.64. The lowest BCUT2D eigenvalue weighted by Crippen LogP contribution is -2.41. The van der Waals surface area contributed by atoms with E-state index in [9.17, 15) is 13.2 Å². The molecule has 1 atom stereocenters. The number of anilines is 1. The van der Waals surface area contributed by atoms with Gasteiger partial charge in [-0.2, -0.15) is 8.68 Å². The van der Waals surface area contributed by atoms with E-state index in [1.54, 1.807) is 4.90 Å². The molecular formula is C15H20N6O3S2. The van der Waals surface area contributed by atoms with Crippen LogP contribution >= 0.6 is 11.5 Å². The fourth-order valence-corrected chi connectivity index (χ4v) is 5.45. The summed E-state index contributed by atoms with van der Waals surface area (Å²) in [5.74, 6) is 1.90. The summed E-state index contributed by atoms with van der Waals surface area (Å²) in [5, 5.41) is 0.682. The van der Waals surface area contributed by atoms with Crippen LogP contribution in [-0.2, 0) is 21.4 Å². The van der Waals surface area contributed by atoms with Gasteiger partial charge >= 0.3 is 0 Å². The highest BCUT2D eigenvalue weighted by molar-refractivity contribution is 7.88. The monoisotopic (exact) mass is 396 g/mol. The number of carbonyl (C=O) groups is 1. The average Bonchev–Trinajstić information content (AvgIpc) is 3.24. The molecule has 1 fully saturated rings. The number of fused-ring (bicyclic) bond motifs is 1. The molecule has 11 heteroatoms.